The Morgan fingerprint density at radius 2 is 2.05 bits per heavy atom. The predicted octanol–water partition coefficient (Wildman–Crippen LogP) is 3.60. The van der Waals surface area contributed by atoms with Crippen LogP contribution in [-0.2, 0) is 4.79 Å². The first kappa shape index (κ1) is 16.7. The summed E-state index contributed by atoms with van der Waals surface area (Å²) in [5.74, 6) is 0.956. The summed E-state index contributed by atoms with van der Waals surface area (Å²) in [5.41, 5.74) is 2.03. The highest BCUT2D eigenvalue weighted by Gasteiger charge is 2.23. The molecule has 1 saturated carbocycles. The quantitative estimate of drug-likeness (QED) is 0.873. The van der Waals surface area contributed by atoms with E-state index < -0.39 is 0 Å². The van der Waals surface area contributed by atoms with Gasteiger partial charge in [0.15, 0.2) is 0 Å². The van der Waals surface area contributed by atoms with E-state index in [1.165, 1.54) is 19.3 Å². The molecular weight excluding hydrogens is 276 g/mol. The standard InChI is InChI=1S/C18H28N2O2/c1-4-20(15-8-6-5-7-9-15)18(21)13-19-16-12-14(2)10-11-17(16)22-3/h10-12,15,19H,4-9,13H2,1-3H3. The Labute approximate surface area is 133 Å². The van der Waals surface area contributed by atoms with E-state index in [4.69, 9.17) is 4.74 Å². The Balaban J connectivity index is 1.97. The van der Waals surface area contributed by atoms with Gasteiger partial charge in [-0.3, -0.25) is 4.79 Å². The molecule has 0 radical (unpaired) electrons. The van der Waals surface area contributed by atoms with Crippen LogP contribution in [0.4, 0.5) is 5.69 Å². The van der Waals surface area contributed by atoms with Gasteiger partial charge in [0.2, 0.25) is 5.91 Å². The molecule has 22 heavy (non-hydrogen) atoms. The van der Waals surface area contributed by atoms with Crippen LogP contribution >= 0.6 is 0 Å². The van der Waals surface area contributed by atoms with Crippen molar-refractivity contribution in [1.82, 2.24) is 4.90 Å². The average Bonchev–Trinajstić information content (AvgIpc) is 2.55. The van der Waals surface area contributed by atoms with Crippen LogP contribution < -0.4 is 10.1 Å². The van der Waals surface area contributed by atoms with Crippen molar-refractivity contribution in [2.24, 2.45) is 0 Å². The summed E-state index contributed by atoms with van der Waals surface area (Å²) in [4.78, 5) is 14.6. The van der Waals surface area contributed by atoms with Crippen LogP contribution in [0.5, 0.6) is 5.75 Å². The topological polar surface area (TPSA) is 41.6 Å². The van der Waals surface area contributed by atoms with E-state index in [1.54, 1.807) is 7.11 Å². The third kappa shape index (κ3) is 4.15. The van der Waals surface area contributed by atoms with Gasteiger partial charge in [-0.05, 0) is 44.4 Å². The normalized spacial score (nSPS) is 15.4. The Morgan fingerprint density at radius 1 is 1.32 bits per heavy atom. The molecule has 4 nitrogen and oxygen atoms in total. The molecule has 0 spiro atoms. The summed E-state index contributed by atoms with van der Waals surface area (Å²) in [6.07, 6.45) is 6.09. The third-order valence-electron chi connectivity index (χ3n) is 4.46. The molecule has 0 heterocycles. The highest BCUT2D eigenvalue weighted by Crippen LogP contribution is 2.26. The summed E-state index contributed by atoms with van der Waals surface area (Å²) in [6, 6.07) is 6.38. The Morgan fingerprint density at radius 3 is 2.68 bits per heavy atom. The second kappa shape index (κ2) is 8.06. The Bertz CT molecular complexity index is 496. The number of hydrogen-bond donors (Lipinski definition) is 1. The summed E-state index contributed by atoms with van der Waals surface area (Å²) < 4.78 is 5.35. The molecule has 1 aliphatic carbocycles. The average molecular weight is 304 g/mol. The number of ether oxygens (including phenoxy) is 1. The van der Waals surface area contributed by atoms with Crippen LogP contribution in [0, 0.1) is 6.92 Å². The van der Waals surface area contributed by atoms with Gasteiger partial charge in [-0.2, -0.15) is 0 Å². The summed E-state index contributed by atoms with van der Waals surface area (Å²) in [6.45, 7) is 5.22. The van der Waals surface area contributed by atoms with Gasteiger partial charge in [0.05, 0.1) is 19.3 Å². The molecule has 122 valence electrons. The molecule has 1 aromatic carbocycles. The van der Waals surface area contributed by atoms with E-state index >= 15 is 0 Å². The molecule has 1 N–H and O–H groups in total. The molecule has 1 amide bonds. The van der Waals surface area contributed by atoms with E-state index in [1.807, 2.05) is 30.0 Å². The second-order valence-electron chi connectivity index (χ2n) is 6.03. The van der Waals surface area contributed by atoms with Crippen molar-refractivity contribution in [1.29, 1.82) is 0 Å². The number of carbonyl (C=O) groups is 1. The van der Waals surface area contributed by atoms with Gasteiger partial charge in [0.25, 0.3) is 0 Å². The molecule has 2 rings (SSSR count). The fraction of sp³-hybridized carbons (Fsp3) is 0.611. The van der Waals surface area contributed by atoms with Crippen LogP contribution in [0.1, 0.15) is 44.6 Å². The number of amides is 1. The smallest absolute Gasteiger partial charge is 0.242 e. The van der Waals surface area contributed by atoms with E-state index in [-0.39, 0.29) is 5.91 Å². The van der Waals surface area contributed by atoms with Crippen LogP contribution in [-0.4, -0.2) is 37.0 Å². The van der Waals surface area contributed by atoms with E-state index in [2.05, 4.69) is 12.2 Å². The van der Waals surface area contributed by atoms with Gasteiger partial charge in [0, 0.05) is 12.6 Å². The number of likely N-dealkylation sites (N-methyl/N-ethyl adjacent to an activating group) is 1. The van der Waals surface area contributed by atoms with Gasteiger partial charge >= 0.3 is 0 Å². The summed E-state index contributed by atoms with van der Waals surface area (Å²) >= 11 is 0. The molecule has 0 aliphatic heterocycles. The molecule has 1 aromatic rings. The molecule has 1 fully saturated rings. The first-order valence-electron chi connectivity index (χ1n) is 8.33. The zero-order chi connectivity index (χ0) is 15.9. The monoisotopic (exact) mass is 304 g/mol. The van der Waals surface area contributed by atoms with E-state index in [0.29, 0.717) is 12.6 Å². The van der Waals surface area contributed by atoms with Gasteiger partial charge < -0.3 is 15.0 Å². The maximum atomic E-state index is 12.6. The number of methoxy groups -OCH3 is 1. The first-order valence-corrected chi connectivity index (χ1v) is 8.33. The third-order valence-corrected chi connectivity index (χ3v) is 4.46. The maximum Gasteiger partial charge on any atom is 0.242 e. The maximum absolute atomic E-state index is 12.6. The van der Waals surface area contributed by atoms with Gasteiger partial charge in [-0.15, -0.1) is 0 Å². The molecule has 0 bridgehead atoms. The van der Waals surface area contributed by atoms with Gasteiger partial charge in [-0.25, -0.2) is 0 Å². The molecule has 4 heteroatoms. The molecule has 0 unspecified atom stereocenters. The summed E-state index contributed by atoms with van der Waals surface area (Å²) in [7, 11) is 1.65. The minimum atomic E-state index is 0.179. The number of carbonyl (C=O) groups excluding carboxylic acids is 1. The van der Waals surface area contributed by atoms with Crippen molar-refractivity contribution in [3.05, 3.63) is 23.8 Å². The number of aryl methyl sites for hydroxylation is 1. The number of nitrogens with one attached hydrogen (secondary N) is 1. The predicted molar refractivity (Wildman–Crippen MR) is 90.5 cm³/mol. The van der Waals surface area contributed by atoms with Crippen LogP contribution in [0.3, 0.4) is 0 Å². The fourth-order valence-electron chi connectivity index (χ4n) is 3.26. The van der Waals surface area contributed by atoms with Crippen LogP contribution in [0.25, 0.3) is 0 Å². The molecular formula is C18H28N2O2. The molecule has 0 atom stereocenters. The number of anilines is 1. The lowest BCUT2D eigenvalue weighted by molar-refractivity contribution is -0.132. The van der Waals surface area contributed by atoms with Gasteiger partial charge in [-0.1, -0.05) is 25.3 Å². The lowest BCUT2D eigenvalue weighted by atomic mass is 9.94. The SMILES string of the molecule is CCN(C(=O)CNc1cc(C)ccc1OC)C1CCCCC1. The number of nitrogens with zero attached hydrogens (tertiary/aromatic N) is 1. The minimum Gasteiger partial charge on any atom is -0.495 e. The molecule has 1 aliphatic rings. The van der Waals surface area contributed by atoms with Crippen molar-refractivity contribution in [3.8, 4) is 5.75 Å². The van der Waals surface area contributed by atoms with Crippen molar-refractivity contribution in [2.45, 2.75) is 52.0 Å². The zero-order valence-corrected chi connectivity index (χ0v) is 14.0. The molecule has 0 aromatic heterocycles. The summed E-state index contributed by atoms with van der Waals surface area (Å²) in [5, 5.41) is 3.24. The Hall–Kier alpha value is -1.71. The lowest BCUT2D eigenvalue weighted by Gasteiger charge is -2.33. The van der Waals surface area contributed by atoms with Crippen molar-refractivity contribution in [2.75, 3.05) is 25.5 Å². The lowest BCUT2D eigenvalue weighted by Crippen LogP contribution is -2.43. The fourth-order valence-corrected chi connectivity index (χ4v) is 3.26. The minimum absolute atomic E-state index is 0.179. The highest BCUT2D eigenvalue weighted by atomic mass is 16.5. The second-order valence-corrected chi connectivity index (χ2v) is 6.03. The van der Waals surface area contributed by atoms with Crippen molar-refractivity contribution < 1.29 is 9.53 Å². The van der Waals surface area contributed by atoms with Crippen LogP contribution in [0.15, 0.2) is 18.2 Å². The van der Waals surface area contributed by atoms with Crippen molar-refractivity contribution in [3.63, 3.8) is 0 Å². The highest BCUT2D eigenvalue weighted by molar-refractivity contribution is 5.81. The van der Waals surface area contributed by atoms with Crippen molar-refractivity contribution >= 4 is 11.6 Å². The Kier molecular flexibility index (Phi) is 6.10. The molecule has 0 saturated heterocycles. The first-order chi connectivity index (χ1) is 10.7. The number of hydrogen-bond acceptors (Lipinski definition) is 3. The number of benzene rings is 1. The van der Waals surface area contributed by atoms with Crippen LogP contribution in [0.2, 0.25) is 0 Å². The van der Waals surface area contributed by atoms with E-state index in [0.717, 1.165) is 36.4 Å². The largest absolute Gasteiger partial charge is 0.495 e. The van der Waals surface area contributed by atoms with Gasteiger partial charge in [0.1, 0.15) is 5.75 Å². The zero-order valence-electron chi connectivity index (χ0n) is 14.0. The number of rotatable bonds is 6. The van der Waals surface area contributed by atoms with E-state index in [9.17, 15) is 4.79 Å².